The molecule has 0 atom stereocenters. The van der Waals surface area contributed by atoms with E-state index in [2.05, 4.69) is 41.1 Å². The van der Waals surface area contributed by atoms with Crippen LogP contribution in [0.25, 0.3) is 22.2 Å². The average molecular weight is 499 g/mol. The predicted octanol–water partition coefficient (Wildman–Crippen LogP) is 4.79. The summed E-state index contributed by atoms with van der Waals surface area (Å²) in [6, 6.07) is 19.2. The molecule has 1 aliphatic heterocycles. The molecule has 0 spiro atoms. The Labute approximate surface area is 214 Å². The lowest BCUT2D eigenvalue weighted by molar-refractivity contribution is 0.226. The van der Waals surface area contributed by atoms with Gasteiger partial charge < -0.3 is 25.1 Å². The van der Waals surface area contributed by atoms with Gasteiger partial charge in [0.1, 0.15) is 17.5 Å². The second-order valence-corrected chi connectivity index (χ2v) is 9.71. The third-order valence-electron chi connectivity index (χ3n) is 7.03. The van der Waals surface area contributed by atoms with E-state index in [1.165, 1.54) is 12.1 Å². The first-order valence-corrected chi connectivity index (χ1v) is 12.9. The lowest BCUT2D eigenvalue weighted by Gasteiger charge is -2.32. The highest BCUT2D eigenvalue weighted by Crippen LogP contribution is 2.24. The lowest BCUT2D eigenvalue weighted by atomic mass is 10.1. The molecule has 4 heterocycles. The van der Waals surface area contributed by atoms with Crippen molar-refractivity contribution in [2.24, 2.45) is 0 Å². The number of likely N-dealkylation sites (tertiary alicyclic amines) is 1. The van der Waals surface area contributed by atoms with E-state index >= 15 is 0 Å². The number of benzene rings is 2. The van der Waals surface area contributed by atoms with Crippen molar-refractivity contribution in [1.82, 2.24) is 29.4 Å². The molecule has 1 saturated heterocycles. The second-order valence-electron chi connectivity index (χ2n) is 9.71. The highest BCUT2D eigenvalue weighted by molar-refractivity contribution is 5.79. The van der Waals surface area contributed by atoms with Gasteiger partial charge in [-0.1, -0.05) is 24.3 Å². The molecular formula is C28H31FN8. The molecule has 0 amide bonds. The molecular weight excluding hydrogens is 467 g/mol. The van der Waals surface area contributed by atoms with Crippen LogP contribution in [0.4, 0.5) is 16.2 Å². The summed E-state index contributed by atoms with van der Waals surface area (Å²) in [4.78, 5) is 19.6. The number of anilines is 2. The third-order valence-corrected chi connectivity index (χ3v) is 7.03. The highest BCUT2D eigenvalue weighted by atomic mass is 19.1. The summed E-state index contributed by atoms with van der Waals surface area (Å²) in [5.74, 6) is 2.39. The molecule has 6 rings (SSSR count). The molecule has 0 bridgehead atoms. The van der Waals surface area contributed by atoms with Gasteiger partial charge in [0.05, 0.1) is 23.1 Å². The number of nitrogens with one attached hydrogen (secondary N) is 3. The van der Waals surface area contributed by atoms with Crippen molar-refractivity contribution in [3.63, 3.8) is 0 Å². The molecule has 3 N–H and O–H groups in total. The first-order valence-electron chi connectivity index (χ1n) is 12.9. The van der Waals surface area contributed by atoms with Crippen molar-refractivity contribution in [3.05, 3.63) is 77.9 Å². The third kappa shape index (κ3) is 5.27. The summed E-state index contributed by atoms with van der Waals surface area (Å²) in [6.45, 7) is 6.45. The van der Waals surface area contributed by atoms with E-state index in [9.17, 15) is 4.39 Å². The number of aromatic amines is 1. The van der Waals surface area contributed by atoms with Crippen LogP contribution in [0.1, 0.15) is 24.2 Å². The lowest BCUT2D eigenvalue weighted by Crippen LogP contribution is -2.41. The molecule has 9 heteroatoms. The monoisotopic (exact) mass is 498 g/mol. The number of hydrogen-bond acceptors (Lipinski definition) is 6. The fourth-order valence-corrected chi connectivity index (χ4v) is 5.06. The molecule has 0 radical (unpaired) electrons. The molecule has 1 fully saturated rings. The molecule has 0 unspecified atom stereocenters. The molecule has 190 valence electrons. The quantitative estimate of drug-likeness (QED) is 0.285. The normalized spacial score (nSPS) is 15.0. The zero-order chi connectivity index (χ0) is 25.2. The maximum Gasteiger partial charge on any atom is 0.204 e. The molecule has 5 aromatic rings. The maximum atomic E-state index is 13.4. The van der Waals surface area contributed by atoms with Crippen molar-refractivity contribution in [1.29, 1.82) is 0 Å². The Bertz CT molecular complexity index is 1500. The Morgan fingerprint density at radius 3 is 2.62 bits per heavy atom. The summed E-state index contributed by atoms with van der Waals surface area (Å²) in [6.07, 6.45) is 2.10. The number of rotatable bonds is 8. The summed E-state index contributed by atoms with van der Waals surface area (Å²) >= 11 is 0. The van der Waals surface area contributed by atoms with E-state index in [0.717, 1.165) is 84.4 Å². The van der Waals surface area contributed by atoms with E-state index in [1.807, 2.05) is 49.4 Å². The number of pyridine rings is 1. The molecule has 2 aromatic carbocycles. The number of nitrogens with zero attached hydrogens (tertiary/aromatic N) is 5. The van der Waals surface area contributed by atoms with Crippen LogP contribution in [-0.2, 0) is 6.54 Å². The number of aryl methyl sites for hydroxylation is 1. The van der Waals surface area contributed by atoms with Gasteiger partial charge in [0.25, 0.3) is 0 Å². The van der Waals surface area contributed by atoms with Crippen LogP contribution in [0.3, 0.4) is 0 Å². The molecule has 8 nitrogen and oxygen atoms in total. The predicted molar refractivity (Wildman–Crippen MR) is 145 cm³/mol. The van der Waals surface area contributed by atoms with Gasteiger partial charge in [-0.15, -0.1) is 0 Å². The van der Waals surface area contributed by atoms with E-state index in [1.54, 1.807) is 0 Å². The zero-order valence-corrected chi connectivity index (χ0v) is 20.9. The van der Waals surface area contributed by atoms with Crippen LogP contribution in [0.15, 0.2) is 60.7 Å². The maximum absolute atomic E-state index is 13.4. The van der Waals surface area contributed by atoms with Gasteiger partial charge in [-0.2, -0.15) is 0 Å². The Kier molecular flexibility index (Phi) is 6.44. The number of halogens is 1. The van der Waals surface area contributed by atoms with E-state index in [0.29, 0.717) is 12.6 Å². The summed E-state index contributed by atoms with van der Waals surface area (Å²) in [5.41, 5.74) is 4.80. The van der Waals surface area contributed by atoms with Crippen molar-refractivity contribution < 1.29 is 4.39 Å². The molecule has 0 aliphatic carbocycles. The van der Waals surface area contributed by atoms with E-state index < -0.39 is 0 Å². The van der Waals surface area contributed by atoms with Crippen LogP contribution in [0.2, 0.25) is 0 Å². The van der Waals surface area contributed by atoms with Crippen LogP contribution in [0.5, 0.6) is 0 Å². The number of piperidine rings is 1. The minimum Gasteiger partial charge on any atom is -0.369 e. The number of imidazole rings is 2. The fourth-order valence-electron chi connectivity index (χ4n) is 5.06. The topological polar surface area (TPSA) is 86.7 Å². The van der Waals surface area contributed by atoms with Gasteiger partial charge in [-0.25, -0.2) is 19.3 Å². The Balaban J connectivity index is 1.05. The first-order chi connectivity index (χ1) is 18.1. The van der Waals surface area contributed by atoms with Crippen molar-refractivity contribution in [2.45, 2.75) is 32.4 Å². The SMILES string of the molecule is Cc1nc2nc(NCCN3CCC(Nc4nc5ccccc5n4Cc4ccc(F)cc4)CC3)ccc2[nH]1. The van der Waals surface area contributed by atoms with E-state index in [-0.39, 0.29) is 5.82 Å². The second kappa shape index (κ2) is 10.2. The van der Waals surface area contributed by atoms with Crippen molar-refractivity contribution in [3.8, 4) is 0 Å². The van der Waals surface area contributed by atoms with E-state index in [4.69, 9.17) is 4.98 Å². The summed E-state index contributed by atoms with van der Waals surface area (Å²) < 4.78 is 15.6. The Hall–Kier alpha value is -3.98. The largest absolute Gasteiger partial charge is 0.369 e. The number of H-pyrrole nitrogens is 1. The van der Waals surface area contributed by atoms with Crippen molar-refractivity contribution >= 4 is 34.0 Å². The summed E-state index contributed by atoms with van der Waals surface area (Å²) in [5, 5.41) is 7.14. The first kappa shape index (κ1) is 23.4. The molecule has 37 heavy (non-hydrogen) atoms. The van der Waals surface area contributed by atoms with Crippen LogP contribution in [-0.4, -0.2) is 61.6 Å². The van der Waals surface area contributed by atoms with Gasteiger partial charge in [-0.3, -0.25) is 0 Å². The highest BCUT2D eigenvalue weighted by Gasteiger charge is 2.21. The Morgan fingerprint density at radius 2 is 1.78 bits per heavy atom. The standard InChI is InChI=1S/C28H31FN8/c1-19-31-24-10-11-26(35-27(24)32-19)30-14-17-36-15-12-22(13-16-36)33-28-34-23-4-2-3-5-25(23)37(28)18-20-6-8-21(29)9-7-20/h2-11,22H,12-18H2,1H3,(H,33,34)(H2,30,31,32,35). The number of aromatic nitrogens is 5. The fraction of sp³-hybridized carbons (Fsp3) is 0.321. The smallest absolute Gasteiger partial charge is 0.204 e. The molecule has 3 aromatic heterocycles. The number of fused-ring (bicyclic) bond motifs is 2. The van der Waals surface area contributed by atoms with Gasteiger partial charge >= 0.3 is 0 Å². The Morgan fingerprint density at radius 1 is 0.973 bits per heavy atom. The van der Waals surface area contributed by atoms with Gasteiger partial charge in [-0.05, 0) is 61.7 Å². The van der Waals surface area contributed by atoms with Gasteiger partial charge in [0.2, 0.25) is 5.95 Å². The van der Waals surface area contributed by atoms with Gasteiger partial charge in [0.15, 0.2) is 5.65 Å². The molecule has 1 aliphatic rings. The van der Waals surface area contributed by atoms with Gasteiger partial charge in [0, 0.05) is 32.2 Å². The van der Waals surface area contributed by atoms with Crippen LogP contribution in [0, 0.1) is 12.7 Å². The molecule has 0 saturated carbocycles. The average Bonchev–Trinajstić information content (AvgIpc) is 3.45. The number of hydrogen-bond donors (Lipinski definition) is 3. The van der Waals surface area contributed by atoms with Crippen molar-refractivity contribution in [2.75, 3.05) is 36.8 Å². The number of para-hydroxylation sites is 2. The minimum atomic E-state index is -0.218. The zero-order valence-electron chi connectivity index (χ0n) is 20.9. The van der Waals surface area contributed by atoms with Crippen LogP contribution >= 0.6 is 0 Å². The summed E-state index contributed by atoms with van der Waals surface area (Å²) in [7, 11) is 0. The minimum absolute atomic E-state index is 0.218. The van der Waals surface area contributed by atoms with Crippen LogP contribution < -0.4 is 10.6 Å².